The predicted molar refractivity (Wildman–Crippen MR) is 460 cm³/mol. The highest BCUT2D eigenvalue weighted by atomic mass is 16.3. The molecule has 108 heavy (non-hydrogen) atoms. The highest BCUT2D eigenvalue weighted by Crippen LogP contribution is 2.50. The quantitative estimate of drug-likeness (QED) is 0.142. The molecule has 0 aliphatic rings. The van der Waals surface area contributed by atoms with Crippen molar-refractivity contribution < 1.29 is 8.83 Å². The van der Waals surface area contributed by atoms with Crippen LogP contribution >= 0.6 is 0 Å². The van der Waals surface area contributed by atoms with Crippen molar-refractivity contribution in [1.29, 1.82) is 0 Å². The zero-order valence-electron chi connectivity index (χ0n) is 59.1. The number of fused-ring (bicyclic) bond motifs is 13. The molecular formula is C106H68O2. The molecule has 0 aliphatic carbocycles. The number of benzene rings is 20. The minimum absolute atomic E-state index is 0.924. The first-order chi connectivity index (χ1) is 53.6. The van der Waals surface area contributed by atoms with E-state index in [0.717, 1.165) is 60.6 Å². The first kappa shape index (κ1) is 63.5. The Balaban J connectivity index is 0.000000107. The van der Waals surface area contributed by atoms with Crippen LogP contribution in [0.3, 0.4) is 0 Å². The lowest BCUT2D eigenvalue weighted by molar-refractivity contribution is 0.669. The topological polar surface area (TPSA) is 26.3 Å². The van der Waals surface area contributed by atoms with Crippen LogP contribution in [0.1, 0.15) is 0 Å². The van der Waals surface area contributed by atoms with Crippen LogP contribution in [-0.2, 0) is 0 Å². The van der Waals surface area contributed by atoms with Crippen molar-refractivity contribution >= 4 is 119 Å². The van der Waals surface area contributed by atoms with E-state index in [0.29, 0.717) is 0 Å². The number of furan rings is 2. The average Bonchev–Trinajstić information content (AvgIpc) is 1.10. The normalized spacial score (nSPS) is 11.5. The van der Waals surface area contributed by atoms with Gasteiger partial charge in [0.25, 0.3) is 0 Å². The molecule has 0 atom stereocenters. The lowest BCUT2D eigenvalue weighted by atomic mass is 9.85. The zero-order chi connectivity index (χ0) is 71.4. The highest BCUT2D eigenvalue weighted by Gasteiger charge is 2.23. The van der Waals surface area contributed by atoms with Gasteiger partial charge in [0.15, 0.2) is 0 Å². The number of para-hydroxylation sites is 4. The molecule has 2 heteroatoms. The van der Waals surface area contributed by atoms with E-state index in [1.54, 1.807) is 0 Å². The van der Waals surface area contributed by atoms with Crippen LogP contribution in [-0.4, -0.2) is 0 Å². The molecule has 2 aromatic heterocycles. The Kier molecular flexibility index (Phi) is 16.0. The molecule has 0 spiro atoms. The summed E-state index contributed by atoms with van der Waals surface area (Å²) >= 11 is 0. The van der Waals surface area contributed by atoms with Gasteiger partial charge in [-0.2, -0.15) is 0 Å². The highest BCUT2D eigenvalue weighted by molar-refractivity contribution is 6.26. The van der Waals surface area contributed by atoms with Crippen molar-refractivity contribution in [2.24, 2.45) is 0 Å². The second-order valence-electron chi connectivity index (χ2n) is 27.9. The molecule has 2 heterocycles. The van der Waals surface area contributed by atoms with E-state index >= 15 is 0 Å². The van der Waals surface area contributed by atoms with E-state index in [9.17, 15) is 0 Å². The van der Waals surface area contributed by atoms with Crippen LogP contribution < -0.4 is 0 Å². The van der Waals surface area contributed by atoms with Crippen molar-refractivity contribution in [2.75, 3.05) is 0 Å². The van der Waals surface area contributed by atoms with Gasteiger partial charge in [-0.1, -0.05) is 400 Å². The summed E-state index contributed by atoms with van der Waals surface area (Å²) < 4.78 is 12.8. The van der Waals surface area contributed by atoms with E-state index in [2.05, 4.69) is 388 Å². The van der Waals surface area contributed by atoms with E-state index in [4.69, 9.17) is 8.83 Å². The van der Waals surface area contributed by atoms with E-state index in [1.807, 2.05) is 24.3 Å². The lowest BCUT2D eigenvalue weighted by Gasteiger charge is -2.18. The van der Waals surface area contributed by atoms with Crippen LogP contribution in [0.2, 0.25) is 0 Å². The minimum Gasteiger partial charge on any atom is -0.455 e. The van der Waals surface area contributed by atoms with Crippen molar-refractivity contribution in [3.8, 4) is 89.0 Å². The summed E-state index contributed by atoms with van der Waals surface area (Å²) in [7, 11) is 0. The number of hydrogen-bond acceptors (Lipinski definition) is 2. The van der Waals surface area contributed by atoms with E-state index in [1.165, 1.54) is 148 Å². The summed E-state index contributed by atoms with van der Waals surface area (Å²) in [6.45, 7) is 0. The van der Waals surface area contributed by atoms with Gasteiger partial charge < -0.3 is 8.83 Å². The van der Waals surface area contributed by atoms with E-state index < -0.39 is 0 Å². The van der Waals surface area contributed by atoms with Gasteiger partial charge in [-0.15, -0.1) is 0 Å². The molecule has 22 rings (SSSR count). The average molecular weight is 1370 g/mol. The summed E-state index contributed by atoms with van der Waals surface area (Å²) in [5.41, 5.74) is 23.5. The molecule has 0 N–H and O–H groups in total. The maximum atomic E-state index is 6.45. The first-order valence-electron chi connectivity index (χ1n) is 37.1. The third kappa shape index (κ3) is 11.0. The summed E-state index contributed by atoms with van der Waals surface area (Å²) in [6, 6.07) is 148. The molecule has 0 amide bonds. The Morgan fingerprint density at radius 3 is 0.704 bits per heavy atom. The van der Waals surface area contributed by atoms with Gasteiger partial charge in [0.05, 0.1) is 0 Å². The maximum absolute atomic E-state index is 6.45. The molecule has 0 saturated heterocycles. The Bertz CT molecular complexity index is 7010. The van der Waals surface area contributed by atoms with Crippen LogP contribution in [0, 0.1) is 0 Å². The smallest absolute Gasteiger partial charge is 0.143 e. The third-order valence-corrected chi connectivity index (χ3v) is 21.8. The van der Waals surface area contributed by atoms with Crippen LogP contribution in [0.15, 0.2) is 421 Å². The Morgan fingerprint density at radius 1 is 0.120 bits per heavy atom. The third-order valence-electron chi connectivity index (χ3n) is 21.8. The molecule has 0 radical (unpaired) electrons. The van der Waals surface area contributed by atoms with Crippen molar-refractivity contribution in [3.05, 3.63) is 413 Å². The van der Waals surface area contributed by atoms with Crippen LogP contribution in [0.5, 0.6) is 0 Å². The van der Waals surface area contributed by atoms with Crippen LogP contribution in [0.25, 0.3) is 208 Å². The molecule has 20 aromatic carbocycles. The Labute approximate surface area is 625 Å². The SMILES string of the molecule is c1ccc(-c2c3ccccc3c(-c3ccc(-c4cccc5c4oc4ccccc45)cc3)c3ccccc23)cc1.c1ccc(-c2c3ccccc3c(-c3ccc(-c4cccc5ccccc45)cc3)c3ccccc23)cc1.c1ccc(-c2c3ccccc3c(-c3cccc4c3oc3ccccc34)c3ccccc23)cc1. The second kappa shape index (κ2) is 27.1. The number of rotatable bonds is 8. The summed E-state index contributed by atoms with van der Waals surface area (Å²) in [6.07, 6.45) is 0. The number of hydrogen-bond donors (Lipinski definition) is 0. The Hall–Kier alpha value is -14.2. The summed E-state index contributed by atoms with van der Waals surface area (Å²) in [5.74, 6) is 0. The zero-order valence-corrected chi connectivity index (χ0v) is 59.1. The molecular weight excluding hydrogens is 1310 g/mol. The monoisotopic (exact) mass is 1370 g/mol. The van der Waals surface area contributed by atoms with Crippen LogP contribution in [0.4, 0.5) is 0 Å². The predicted octanol–water partition coefficient (Wildman–Crippen LogP) is 30.3. The molecule has 0 saturated carbocycles. The fraction of sp³-hybridized carbons (Fsp3) is 0. The molecule has 0 fully saturated rings. The van der Waals surface area contributed by atoms with Crippen molar-refractivity contribution in [1.82, 2.24) is 0 Å². The summed E-state index contributed by atoms with van der Waals surface area (Å²) in [4.78, 5) is 0. The molecule has 2 nitrogen and oxygen atoms in total. The van der Waals surface area contributed by atoms with E-state index in [-0.39, 0.29) is 0 Å². The lowest BCUT2D eigenvalue weighted by Crippen LogP contribution is -1.90. The van der Waals surface area contributed by atoms with Gasteiger partial charge in [0.2, 0.25) is 0 Å². The molecule has 0 bridgehead atoms. The first-order valence-corrected chi connectivity index (χ1v) is 37.1. The van der Waals surface area contributed by atoms with Crippen molar-refractivity contribution in [3.63, 3.8) is 0 Å². The largest absolute Gasteiger partial charge is 0.455 e. The van der Waals surface area contributed by atoms with Gasteiger partial charge in [0, 0.05) is 38.2 Å². The minimum atomic E-state index is 0.924. The molecule has 0 aliphatic heterocycles. The van der Waals surface area contributed by atoms with Gasteiger partial charge in [0.1, 0.15) is 22.3 Å². The van der Waals surface area contributed by atoms with Gasteiger partial charge >= 0.3 is 0 Å². The molecule has 0 unspecified atom stereocenters. The maximum Gasteiger partial charge on any atom is 0.143 e. The van der Waals surface area contributed by atoms with Crippen molar-refractivity contribution in [2.45, 2.75) is 0 Å². The fourth-order valence-electron chi connectivity index (χ4n) is 17.1. The van der Waals surface area contributed by atoms with Gasteiger partial charge in [-0.05, 0) is 160 Å². The molecule has 504 valence electrons. The standard InChI is InChI=1S/C38H24O.C36H24.C32H20O/c1-2-11-26(12-3-1)36-30-14-4-6-16-32(30)37(33-17-7-5-15-31(33)36)27-23-21-25(22-24-27)28-18-10-19-34-29-13-8-9-20-35(29)39-38(28)34;1-2-12-27(13-3-1)35-31-16-6-8-18-33(31)36(34-19-9-7-17-32(34)35)28-23-21-26(22-24-28)30-20-10-14-25-11-4-5-15-29(25)30;1-2-11-21(12-3-1)30-23-14-4-6-16-25(23)31(26-17-7-5-15-24(26)30)28-19-10-18-27-22-13-8-9-20-29(22)33-32(27)28/h1-24H;1-24H;1-20H. The molecule has 22 aromatic rings. The fourth-order valence-corrected chi connectivity index (χ4v) is 17.1. The van der Waals surface area contributed by atoms with Gasteiger partial charge in [-0.3, -0.25) is 0 Å². The van der Waals surface area contributed by atoms with Gasteiger partial charge in [-0.25, -0.2) is 0 Å². The summed E-state index contributed by atoms with van der Waals surface area (Å²) in [5, 5.41) is 22.4. The second-order valence-corrected chi connectivity index (χ2v) is 27.9. The Morgan fingerprint density at radius 2 is 0.343 bits per heavy atom.